The van der Waals surface area contributed by atoms with Crippen LogP contribution >= 0.6 is 11.6 Å². The first-order valence-corrected chi connectivity index (χ1v) is 8.25. The summed E-state index contributed by atoms with van der Waals surface area (Å²) in [6, 6.07) is 1.68. The van der Waals surface area contributed by atoms with Gasteiger partial charge < -0.3 is 0 Å². The Bertz CT molecular complexity index is 578. The van der Waals surface area contributed by atoms with E-state index in [1.54, 1.807) is 6.92 Å². The third kappa shape index (κ3) is 3.48. The summed E-state index contributed by atoms with van der Waals surface area (Å²) in [5.41, 5.74) is 0.223. The van der Waals surface area contributed by atoms with Crippen LogP contribution in [-0.2, 0) is 15.9 Å². The monoisotopic (exact) mass is 325 g/mol. The Morgan fingerprint density at radius 1 is 1.35 bits per heavy atom. The topological polar surface area (TPSA) is 37.4 Å². The summed E-state index contributed by atoms with van der Waals surface area (Å²) in [4.78, 5) is -0.668. The Hall–Kier alpha value is -0.720. The average molecular weight is 326 g/mol. The maximum Gasteiger partial charge on any atom is 0.246 e. The van der Waals surface area contributed by atoms with Gasteiger partial charge in [-0.3, -0.25) is 0 Å². The fourth-order valence-corrected chi connectivity index (χ4v) is 3.54. The van der Waals surface area contributed by atoms with Crippen molar-refractivity contribution in [2.24, 2.45) is 0 Å². The molecule has 0 heterocycles. The van der Waals surface area contributed by atoms with Gasteiger partial charge in [0.15, 0.2) is 11.6 Å². The summed E-state index contributed by atoms with van der Waals surface area (Å²) in [7, 11) is -2.73. The van der Waals surface area contributed by atoms with E-state index in [1.165, 1.54) is 7.05 Å². The normalized spacial score (nSPS) is 13.8. The molecular formula is C13H18ClF2NO2S. The number of hydrogen-bond donors (Lipinski definition) is 0. The molecule has 0 aliphatic rings. The zero-order chi connectivity index (χ0) is 15.5. The number of halogens is 3. The number of nitrogens with zero attached hydrogens (tertiary/aromatic N) is 1. The molecule has 1 aromatic rings. The van der Waals surface area contributed by atoms with Gasteiger partial charge in [-0.05, 0) is 31.0 Å². The van der Waals surface area contributed by atoms with E-state index >= 15 is 0 Å². The first kappa shape index (κ1) is 17.3. The van der Waals surface area contributed by atoms with Gasteiger partial charge in [-0.15, -0.1) is 11.6 Å². The van der Waals surface area contributed by atoms with Crippen molar-refractivity contribution in [1.82, 2.24) is 4.31 Å². The molecule has 0 bridgehead atoms. The van der Waals surface area contributed by atoms with E-state index in [1.807, 2.05) is 6.92 Å². The zero-order valence-electron chi connectivity index (χ0n) is 11.7. The molecule has 1 aromatic carbocycles. The van der Waals surface area contributed by atoms with Crippen molar-refractivity contribution in [2.75, 3.05) is 7.05 Å². The summed E-state index contributed by atoms with van der Waals surface area (Å²) in [6.45, 7) is 3.64. The SMILES string of the molecule is CCCC(C)N(C)S(=O)(=O)c1cc(CCl)cc(F)c1F. The van der Waals surface area contributed by atoms with Crippen LogP contribution in [0.2, 0.25) is 0 Å². The molecule has 114 valence electrons. The molecule has 1 unspecified atom stereocenters. The van der Waals surface area contributed by atoms with Gasteiger partial charge >= 0.3 is 0 Å². The fraction of sp³-hybridized carbons (Fsp3) is 0.538. The lowest BCUT2D eigenvalue weighted by Crippen LogP contribution is -2.35. The van der Waals surface area contributed by atoms with Gasteiger partial charge in [0, 0.05) is 19.0 Å². The molecule has 0 aliphatic heterocycles. The predicted octanol–water partition coefficient (Wildman–Crippen LogP) is 3.51. The Morgan fingerprint density at radius 3 is 2.45 bits per heavy atom. The van der Waals surface area contributed by atoms with E-state index in [4.69, 9.17) is 11.6 Å². The summed E-state index contributed by atoms with van der Waals surface area (Å²) >= 11 is 5.57. The van der Waals surface area contributed by atoms with Gasteiger partial charge in [-0.2, -0.15) is 4.31 Å². The highest BCUT2D eigenvalue weighted by Crippen LogP contribution is 2.25. The van der Waals surface area contributed by atoms with Crippen LogP contribution in [0, 0.1) is 11.6 Å². The second-order valence-corrected chi connectivity index (χ2v) is 6.92. The van der Waals surface area contributed by atoms with Crippen molar-refractivity contribution in [3.63, 3.8) is 0 Å². The van der Waals surface area contributed by atoms with Crippen molar-refractivity contribution in [1.29, 1.82) is 0 Å². The number of benzene rings is 1. The standard InChI is InChI=1S/C13H18ClF2NO2S/c1-4-5-9(2)17(3)20(18,19)12-7-10(8-14)6-11(15)13(12)16/h6-7,9H,4-5,8H2,1-3H3. The maximum absolute atomic E-state index is 13.8. The molecule has 3 nitrogen and oxygen atoms in total. The fourth-order valence-electron chi connectivity index (χ4n) is 1.87. The molecule has 1 atom stereocenters. The molecule has 7 heteroatoms. The molecule has 0 saturated heterocycles. The van der Waals surface area contributed by atoms with Gasteiger partial charge in [-0.1, -0.05) is 13.3 Å². The number of rotatable bonds is 6. The highest BCUT2D eigenvalue weighted by molar-refractivity contribution is 7.89. The van der Waals surface area contributed by atoms with E-state index < -0.39 is 26.6 Å². The Kier molecular flexibility index (Phi) is 5.91. The largest absolute Gasteiger partial charge is 0.246 e. The van der Waals surface area contributed by atoms with Crippen molar-refractivity contribution < 1.29 is 17.2 Å². The molecule has 0 N–H and O–H groups in total. The van der Waals surface area contributed by atoms with Crippen LogP contribution in [0.15, 0.2) is 17.0 Å². The molecule has 1 rings (SSSR count). The second kappa shape index (κ2) is 6.83. The van der Waals surface area contributed by atoms with Gasteiger partial charge in [-0.25, -0.2) is 17.2 Å². The summed E-state index contributed by atoms with van der Waals surface area (Å²) in [5, 5.41) is 0. The minimum absolute atomic E-state index is 0.0893. The lowest BCUT2D eigenvalue weighted by molar-refractivity contribution is 0.365. The smallest absolute Gasteiger partial charge is 0.207 e. The first-order chi connectivity index (χ1) is 9.25. The molecule has 0 saturated carbocycles. The molecule has 20 heavy (non-hydrogen) atoms. The Labute approximate surface area is 123 Å². The van der Waals surface area contributed by atoms with Gasteiger partial charge in [0.05, 0.1) is 0 Å². The molecule has 0 amide bonds. The van der Waals surface area contributed by atoms with Crippen molar-refractivity contribution in [3.8, 4) is 0 Å². The van der Waals surface area contributed by atoms with E-state index in [0.717, 1.165) is 22.9 Å². The van der Waals surface area contributed by atoms with Crippen LogP contribution in [0.25, 0.3) is 0 Å². The Morgan fingerprint density at radius 2 is 1.95 bits per heavy atom. The average Bonchev–Trinajstić information content (AvgIpc) is 2.40. The first-order valence-electron chi connectivity index (χ1n) is 6.27. The quantitative estimate of drug-likeness (QED) is 0.751. The predicted molar refractivity (Wildman–Crippen MR) is 75.2 cm³/mol. The van der Waals surface area contributed by atoms with Gasteiger partial charge in [0.2, 0.25) is 10.0 Å². The lowest BCUT2D eigenvalue weighted by Gasteiger charge is -2.24. The van der Waals surface area contributed by atoms with Crippen molar-refractivity contribution in [3.05, 3.63) is 29.3 Å². The summed E-state index contributed by atoms with van der Waals surface area (Å²) in [6.07, 6.45) is 1.43. The van der Waals surface area contributed by atoms with Crippen LogP contribution in [0.1, 0.15) is 32.3 Å². The molecule has 0 fully saturated rings. The van der Waals surface area contributed by atoms with Crippen LogP contribution in [0.4, 0.5) is 8.78 Å². The van der Waals surface area contributed by atoms with E-state index in [2.05, 4.69) is 0 Å². The highest BCUT2D eigenvalue weighted by atomic mass is 35.5. The molecule has 0 spiro atoms. The zero-order valence-corrected chi connectivity index (χ0v) is 13.2. The van der Waals surface area contributed by atoms with Crippen molar-refractivity contribution >= 4 is 21.6 Å². The van der Waals surface area contributed by atoms with Crippen LogP contribution in [-0.4, -0.2) is 25.8 Å². The molecular weight excluding hydrogens is 308 g/mol. The van der Waals surface area contributed by atoms with Crippen LogP contribution < -0.4 is 0 Å². The van der Waals surface area contributed by atoms with Crippen LogP contribution in [0.3, 0.4) is 0 Å². The van der Waals surface area contributed by atoms with E-state index in [0.29, 0.717) is 6.42 Å². The second-order valence-electron chi connectivity index (χ2n) is 4.68. The molecule has 0 aromatic heterocycles. The minimum atomic E-state index is -4.09. The molecule has 0 radical (unpaired) electrons. The highest BCUT2D eigenvalue weighted by Gasteiger charge is 2.29. The minimum Gasteiger partial charge on any atom is -0.207 e. The summed E-state index contributed by atoms with van der Waals surface area (Å²) in [5.74, 6) is -2.67. The molecule has 0 aliphatic carbocycles. The van der Waals surface area contributed by atoms with Gasteiger partial charge in [0.1, 0.15) is 4.90 Å². The number of hydrogen-bond acceptors (Lipinski definition) is 2. The Balaban J connectivity index is 3.31. The maximum atomic E-state index is 13.8. The third-order valence-corrected chi connectivity index (χ3v) is 5.47. The van der Waals surface area contributed by atoms with Crippen molar-refractivity contribution in [2.45, 2.75) is 43.5 Å². The lowest BCUT2D eigenvalue weighted by atomic mass is 10.2. The number of alkyl halides is 1. The van der Waals surface area contributed by atoms with E-state index in [-0.39, 0.29) is 17.5 Å². The summed E-state index contributed by atoms with van der Waals surface area (Å²) < 4.78 is 53.0. The van der Waals surface area contributed by atoms with Gasteiger partial charge in [0.25, 0.3) is 0 Å². The third-order valence-electron chi connectivity index (χ3n) is 3.19. The van der Waals surface area contributed by atoms with E-state index in [9.17, 15) is 17.2 Å². The van der Waals surface area contributed by atoms with Crippen LogP contribution in [0.5, 0.6) is 0 Å². The number of sulfonamides is 1.